The van der Waals surface area contributed by atoms with E-state index in [4.69, 9.17) is 0 Å². The Hall–Kier alpha value is -2.01. The Kier molecular flexibility index (Phi) is 4.06. The van der Waals surface area contributed by atoms with Crippen molar-refractivity contribution in [3.8, 4) is 5.75 Å². The molecule has 4 nitrogen and oxygen atoms in total. The largest absolute Gasteiger partial charge is 0.506 e. The van der Waals surface area contributed by atoms with Crippen molar-refractivity contribution in [3.63, 3.8) is 0 Å². The minimum absolute atomic E-state index is 0.0370. The van der Waals surface area contributed by atoms with E-state index < -0.39 is 6.03 Å². The second-order valence-corrected chi connectivity index (χ2v) is 5.03. The van der Waals surface area contributed by atoms with Crippen LogP contribution in [0.2, 0.25) is 0 Å². The number of phenols is 1. The van der Waals surface area contributed by atoms with Crippen molar-refractivity contribution in [2.45, 2.75) is 6.92 Å². The molecule has 0 unspecified atom stereocenters. The Labute approximate surface area is 119 Å². The molecule has 0 aliphatic carbocycles. The molecule has 19 heavy (non-hydrogen) atoms. The van der Waals surface area contributed by atoms with Crippen LogP contribution in [-0.2, 0) is 0 Å². The molecule has 0 saturated carbocycles. The minimum atomic E-state index is -0.404. The van der Waals surface area contributed by atoms with Crippen molar-refractivity contribution >= 4 is 33.3 Å². The summed E-state index contributed by atoms with van der Waals surface area (Å²) in [7, 11) is 0. The van der Waals surface area contributed by atoms with Gasteiger partial charge in [-0.15, -0.1) is 0 Å². The van der Waals surface area contributed by atoms with Gasteiger partial charge in [-0.1, -0.05) is 28.1 Å². The number of aromatic hydroxyl groups is 1. The number of amides is 2. The lowest BCUT2D eigenvalue weighted by Gasteiger charge is -2.10. The summed E-state index contributed by atoms with van der Waals surface area (Å²) < 4.78 is 0.878. The molecule has 0 heterocycles. The number of nitrogens with one attached hydrogen (secondary N) is 2. The lowest BCUT2D eigenvalue weighted by molar-refractivity contribution is 0.262. The van der Waals surface area contributed by atoms with Crippen molar-refractivity contribution in [1.29, 1.82) is 0 Å². The van der Waals surface area contributed by atoms with E-state index in [0.29, 0.717) is 11.4 Å². The summed E-state index contributed by atoms with van der Waals surface area (Å²) in [6.07, 6.45) is 0. The highest BCUT2D eigenvalue weighted by Gasteiger charge is 2.06. The highest BCUT2D eigenvalue weighted by Crippen LogP contribution is 2.24. The lowest BCUT2D eigenvalue weighted by atomic mass is 10.2. The molecule has 2 aromatic carbocycles. The van der Waals surface area contributed by atoms with Crippen LogP contribution in [0, 0.1) is 6.92 Å². The first-order valence-corrected chi connectivity index (χ1v) is 6.47. The summed E-state index contributed by atoms with van der Waals surface area (Å²) in [4.78, 5) is 11.8. The summed E-state index contributed by atoms with van der Waals surface area (Å²) >= 11 is 3.33. The number of hydrogen-bond acceptors (Lipinski definition) is 2. The monoisotopic (exact) mass is 320 g/mol. The van der Waals surface area contributed by atoms with E-state index in [9.17, 15) is 9.90 Å². The molecule has 0 aliphatic rings. The zero-order valence-corrected chi connectivity index (χ0v) is 11.9. The van der Waals surface area contributed by atoms with Crippen LogP contribution in [0.4, 0.5) is 16.2 Å². The summed E-state index contributed by atoms with van der Waals surface area (Å²) in [5, 5.41) is 14.9. The molecule has 2 rings (SSSR count). The van der Waals surface area contributed by atoms with E-state index in [0.717, 1.165) is 10.0 Å². The minimum Gasteiger partial charge on any atom is -0.506 e. The van der Waals surface area contributed by atoms with Crippen molar-refractivity contribution in [2.75, 3.05) is 10.6 Å². The van der Waals surface area contributed by atoms with E-state index in [1.165, 1.54) is 0 Å². The molecule has 2 aromatic rings. The van der Waals surface area contributed by atoms with Crippen LogP contribution in [0.25, 0.3) is 0 Å². The topological polar surface area (TPSA) is 61.4 Å². The number of carbonyl (C=O) groups is 1. The summed E-state index contributed by atoms with van der Waals surface area (Å²) in [6, 6.07) is 11.9. The Balaban J connectivity index is 2.07. The Morgan fingerprint density at radius 3 is 2.68 bits per heavy atom. The zero-order valence-electron chi connectivity index (χ0n) is 10.3. The number of urea groups is 1. The highest BCUT2D eigenvalue weighted by molar-refractivity contribution is 9.10. The van der Waals surface area contributed by atoms with Gasteiger partial charge in [0.1, 0.15) is 5.75 Å². The van der Waals surface area contributed by atoms with E-state index >= 15 is 0 Å². The highest BCUT2D eigenvalue weighted by atomic mass is 79.9. The zero-order chi connectivity index (χ0) is 13.8. The number of halogens is 1. The molecule has 0 aliphatic heterocycles. The third-order valence-electron chi connectivity index (χ3n) is 2.48. The fourth-order valence-electron chi connectivity index (χ4n) is 1.60. The molecule has 98 valence electrons. The average Bonchev–Trinajstić information content (AvgIpc) is 2.34. The number of rotatable bonds is 2. The SMILES string of the molecule is Cc1ccc(O)c(NC(=O)Nc2cccc(Br)c2)c1. The van der Waals surface area contributed by atoms with Gasteiger partial charge in [-0.25, -0.2) is 4.79 Å². The molecule has 5 heteroatoms. The fourth-order valence-corrected chi connectivity index (χ4v) is 2.00. The number of anilines is 2. The molecular weight excluding hydrogens is 308 g/mol. The molecule has 0 fully saturated rings. The fraction of sp³-hybridized carbons (Fsp3) is 0.0714. The van der Waals surface area contributed by atoms with Gasteiger partial charge in [-0.05, 0) is 42.8 Å². The molecule has 0 spiro atoms. The van der Waals surface area contributed by atoms with Crippen LogP contribution in [-0.4, -0.2) is 11.1 Å². The smallest absolute Gasteiger partial charge is 0.323 e. The standard InChI is InChI=1S/C14H13BrN2O2/c1-9-5-6-13(18)12(7-9)17-14(19)16-11-4-2-3-10(15)8-11/h2-8,18H,1H3,(H2,16,17,19). The van der Waals surface area contributed by atoms with Crippen molar-refractivity contribution in [2.24, 2.45) is 0 Å². The summed E-state index contributed by atoms with van der Waals surface area (Å²) in [5.41, 5.74) is 2.00. The lowest BCUT2D eigenvalue weighted by Crippen LogP contribution is -2.19. The quantitative estimate of drug-likeness (QED) is 0.729. The number of carbonyl (C=O) groups excluding carboxylic acids is 1. The maximum absolute atomic E-state index is 11.8. The normalized spacial score (nSPS) is 10.0. The van der Waals surface area contributed by atoms with Gasteiger partial charge in [-0.2, -0.15) is 0 Å². The Morgan fingerprint density at radius 1 is 1.16 bits per heavy atom. The van der Waals surface area contributed by atoms with E-state index in [1.807, 2.05) is 19.1 Å². The third-order valence-corrected chi connectivity index (χ3v) is 2.98. The second-order valence-electron chi connectivity index (χ2n) is 4.11. The van der Waals surface area contributed by atoms with Crippen molar-refractivity contribution < 1.29 is 9.90 Å². The van der Waals surface area contributed by atoms with Gasteiger partial charge in [0.25, 0.3) is 0 Å². The second kappa shape index (κ2) is 5.75. The maximum Gasteiger partial charge on any atom is 0.323 e. The van der Waals surface area contributed by atoms with Gasteiger partial charge in [0.2, 0.25) is 0 Å². The first-order valence-electron chi connectivity index (χ1n) is 5.68. The first kappa shape index (κ1) is 13.4. The van der Waals surface area contributed by atoms with Crippen LogP contribution in [0.5, 0.6) is 5.75 Å². The molecule has 0 atom stereocenters. The predicted molar refractivity (Wildman–Crippen MR) is 79.6 cm³/mol. The number of benzene rings is 2. The van der Waals surface area contributed by atoms with Gasteiger partial charge < -0.3 is 15.7 Å². The van der Waals surface area contributed by atoms with E-state index in [1.54, 1.807) is 30.3 Å². The molecule has 2 amide bonds. The average molecular weight is 321 g/mol. The van der Waals surface area contributed by atoms with E-state index in [2.05, 4.69) is 26.6 Å². The molecule has 0 bridgehead atoms. The van der Waals surface area contributed by atoms with Crippen LogP contribution in [0.15, 0.2) is 46.9 Å². The van der Waals surface area contributed by atoms with Crippen LogP contribution < -0.4 is 10.6 Å². The van der Waals surface area contributed by atoms with Gasteiger partial charge in [0.05, 0.1) is 5.69 Å². The van der Waals surface area contributed by atoms with E-state index in [-0.39, 0.29) is 5.75 Å². The van der Waals surface area contributed by atoms with Gasteiger partial charge in [-0.3, -0.25) is 0 Å². The number of phenolic OH excluding ortho intramolecular Hbond substituents is 1. The molecule has 0 aromatic heterocycles. The molecule has 0 saturated heterocycles. The van der Waals surface area contributed by atoms with Crippen molar-refractivity contribution in [1.82, 2.24) is 0 Å². The molecular formula is C14H13BrN2O2. The van der Waals surface area contributed by atoms with Gasteiger partial charge >= 0.3 is 6.03 Å². The molecule has 3 N–H and O–H groups in total. The van der Waals surface area contributed by atoms with Gasteiger partial charge in [0, 0.05) is 10.2 Å². The Bertz CT molecular complexity index is 614. The maximum atomic E-state index is 11.8. The van der Waals surface area contributed by atoms with Gasteiger partial charge in [0.15, 0.2) is 0 Å². The molecule has 0 radical (unpaired) electrons. The first-order chi connectivity index (χ1) is 9.04. The predicted octanol–water partition coefficient (Wildman–Crippen LogP) is 4.11. The number of aryl methyl sites for hydroxylation is 1. The third kappa shape index (κ3) is 3.72. The van der Waals surface area contributed by atoms with Crippen LogP contribution >= 0.6 is 15.9 Å². The van der Waals surface area contributed by atoms with Crippen LogP contribution in [0.1, 0.15) is 5.56 Å². The Morgan fingerprint density at radius 2 is 1.95 bits per heavy atom. The summed E-state index contributed by atoms with van der Waals surface area (Å²) in [6.45, 7) is 1.89. The van der Waals surface area contributed by atoms with Crippen molar-refractivity contribution in [3.05, 3.63) is 52.5 Å². The number of hydrogen-bond donors (Lipinski definition) is 3. The summed E-state index contributed by atoms with van der Waals surface area (Å²) in [5.74, 6) is 0.0370. The van der Waals surface area contributed by atoms with Crippen LogP contribution in [0.3, 0.4) is 0 Å².